The van der Waals surface area contributed by atoms with Crippen molar-refractivity contribution in [3.05, 3.63) is 48.0 Å². The van der Waals surface area contributed by atoms with Crippen molar-refractivity contribution in [1.29, 1.82) is 5.26 Å². The lowest BCUT2D eigenvalue weighted by atomic mass is 9.95. The predicted octanol–water partition coefficient (Wildman–Crippen LogP) is 3.57. The smallest absolute Gasteiger partial charge is 0.179 e. The molecule has 0 bridgehead atoms. The molecule has 0 saturated carbocycles. The summed E-state index contributed by atoms with van der Waals surface area (Å²) in [5, 5.41) is 11.0. The number of carbonyl (C=O) groups excluding carboxylic acids is 1. The SMILES string of the molecule is CCC(C#N)C(=O)c1ccc2ccccc2c1. The summed E-state index contributed by atoms with van der Waals surface area (Å²) < 4.78 is 0. The fraction of sp³-hybridized carbons (Fsp3) is 0.200. The molecule has 0 heterocycles. The van der Waals surface area contributed by atoms with Crippen molar-refractivity contribution in [3.63, 3.8) is 0 Å². The Bertz CT molecular complexity index is 595. The second-order valence-corrected chi connectivity index (χ2v) is 4.02. The number of carbonyl (C=O) groups is 1. The van der Waals surface area contributed by atoms with Crippen LogP contribution >= 0.6 is 0 Å². The third-order valence-electron chi connectivity index (χ3n) is 2.91. The Hall–Kier alpha value is -2.14. The molecule has 0 amide bonds. The van der Waals surface area contributed by atoms with Crippen molar-refractivity contribution in [3.8, 4) is 6.07 Å². The van der Waals surface area contributed by atoms with Crippen LogP contribution in [0.1, 0.15) is 23.7 Å². The summed E-state index contributed by atoms with van der Waals surface area (Å²) in [6.45, 7) is 1.85. The monoisotopic (exact) mass is 223 g/mol. The summed E-state index contributed by atoms with van der Waals surface area (Å²) in [5.74, 6) is -0.614. The van der Waals surface area contributed by atoms with E-state index in [1.807, 2.05) is 49.4 Å². The lowest BCUT2D eigenvalue weighted by Crippen LogP contribution is -2.11. The van der Waals surface area contributed by atoms with E-state index in [2.05, 4.69) is 0 Å². The van der Waals surface area contributed by atoms with E-state index < -0.39 is 5.92 Å². The summed E-state index contributed by atoms with van der Waals surface area (Å²) in [6.07, 6.45) is 0.558. The molecule has 1 atom stereocenters. The number of ketones is 1. The largest absolute Gasteiger partial charge is 0.293 e. The molecule has 0 spiro atoms. The zero-order chi connectivity index (χ0) is 12.3. The first kappa shape index (κ1) is 11.3. The minimum atomic E-state index is -0.531. The molecule has 1 unspecified atom stereocenters. The van der Waals surface area contributed by atoms with E-state index in [-0.39, 0.29) is 5.78 Å². The van der Waals surface area contributed by atoms with Crippen LogP contribution in [0.4, 0.5) is 0 Å². The molecule has 2 aromatic rings. The highest BCUT2D eigenvalue weighted by atomic mass is 16.1. The second-order valence-electron chi connectivity index (χ2n) is 4.02. The highest BCUT2D eigenvalue weighted by Crippen LogP contribution is 2.18. The molecule has 0 aliphatic heterocycles. The van der Waals surface area contributed by atoms with Crippen LogP contribution in [0.25, 0.3) is 10.8 Å². The van der Waals surface area contributed by atoms with E-state index >= 15 is 0 Å². The highest BCUT2D eigenvalue weighted by Gasteiger charge is 2.17. The zero-order valence-corrected chi connectivity index (χ0v) is 9.68. The van der Waals surface area contributed by atoms with Crippen LogP contribution in [-0.4, -0.2) is 5.78 Å². The third kappa shape index (κ3) is 2.19. The molecule has 2 aromatic carbocycles. The number of hydrogen-bond acceptors (Lipinski definition) is 2. The molecule has 2 heteroatoms. The van der Waals surface area contributed by atoms with Crippen molar-refractivity contribution in [2.24, 2.45) is 5.92 Å². The van der Waals surface area contributed by atoms with Crippen molar-refractivity contribution in [1.82, 2.24) is 0 Å². The van der Waals surface area contributed by atoms with E-state index in [1.54, 1.807) is 6.07 Å². The molecule has 2 rings (SSSR count). The van der Waals surface area contributed by atoms with Gasteiger partial charge in [0.25, 0.3) is 0 Å². The second kappa shape index (κ2) is 4.80. The van der Waals surface area contributed by atoms with Crippen molar-refractivity contribution >= 4 is 16.6 Å². The summed E-state index contributed by atoms with van der Waals surface area (Å²) >= 11 is 0. The Labute approximate surface area is 100 Å². The summed E-state index contributed by atoms with van der Waals surface area (Å²) in [7, 11) is 0. The Balaban J connectivity index is 2.43. The average Bonchev–Trinajstić information content (AvgIpc) is 2.39. The Morgan fingerprint density at radius 2 is 1.94 bits per heavy atom. The molecule has 17 heavy (non-hydrogen) atoms. The zero-order valence-electron chi connectivity index (χ0n) is 9.68. The molecular weight excluding hydrogens is 210 g/mol. The molecule has 0 radical (unpaired) electrons. The molecule has 2 nitrogen and oxygen atoms in total. The number of Topliss-reactive ketones (excluding diaryl/α,β-unsaturated/α-hetero) is 1. The molecule has 84 valence electrons. The lowest BCUT2D eigenvalue weighted by molar-refractivity contribution is 0.0947. The summed E-state index contributed by atoms with van der Waals surface area (Å²) in [5.41, 5.74) is 0.622. The molecule has 0 aliphatic rings. The number of hydrogen-bond donors (Lipinski definition) is 0. The van der Waals surface area contributed by atoms with E-state index in [0.29, 0.717) is 12.0 Å². The van der Waals surface area contributed by atoms with Gasteiger partial charge in [0.15, 0.2) is 5.78 Å². The minimum absolute atomic E-state index is 0.0826. The van der Waals surface area contributed by atoms with E-state index in [1.165, 1.54) is 0 Å². The van der Waals surface area contributed by atoms with Gasteiger partial charge in [0, 0.05) is 5.56 Å². The summed E-state index contributed by atoms with van der Waals surface area (Å²) in [6, 6.07) is 15.5. The maximum absolute atomic E-state index is 12.0. The number of nitrogens with zero attached hydrogens (tertiary/aromatic N) is 1. The molecule has 0 fully saturated rings. The topological polar surface area (TPSA) is 40.9 Å². The quantitative estimate of drug-likeness (QED) is 0.746. The van der Waals surface area contributed by atoms with E-state index in [4.69, 9.17) is 5.26 Å². The van der Waals surface area contributed by atoms with E-state index in [0.717, 1.165) is 10.8 Å². The van der Waals surface area contributed by atoms with Crippen LogP contribution in [0.2, 0.25) is 0 Å². The van der Waals surface area contributed by atoms with Gasteiger partial charge in [-0.25, -0.2) is 0 Å². The number of benzene rings is 2. The average molecular weight is 223 g/mol. The highest BCUT2D eigenvalue weighted by molar-refractivity contribution is 6.02. The lowest BCUT2D eigenvalue weighted by Gasteiger charge is -2.06. The van der Waals surface area contributed by atoms with Crippen LogP contribution < -0.4 is 0 Å². The normalized spacial score (nSPS) is 12.0. The van der Waals surface area contributed by atoms with Gasteiger partial charge in [-0.05, 0) is 23.3 Å². The third-order valence-corrected chi connectivity index (χ3v) is 2.91. The van der Waals surface area contributed by atoms with Crippen LogP contribution in [0.3, 0.4) is 0 Å². The van der Waals surface area contributed by atoms with Crippen LogP contribution in [0, 0.1) is 17.2 Å². The number of rotatable bonds is 3. The first-order valence-electron chi connectivity index (χ1n) is 5.69. The standard InChI is InChI=1S/C15H13NO/c1-2-11(10-16)15(17)14-8-7-12-5-3-4-6-13(12)9-14/h3-9,11H,2H2,1H3. The maximum atomic E-state index is 12.0. The van der Waals surface area contributed by atoms with Crippen LogP contribution in [0.15, 0.2) is 42.5 Å². The minimum Gasteiger partial charge on any atom is -0.293 e. The fourth-order valence-corrected chi connectivity index (χ4v) is 1.88. The number of fused-ring (bicyclic) bond motifs is 1. The van der Waals surface area contributed by atoms with Gasteiger partial charge in [-0.15, -0.1) is 0 Å². The molecule has 0 N–H and O–H groups in total. The number of nitriles is 1. The molecule has 0 aliphatic carbocycles. The van der Waals surface area contributed by atoms with Gasteiger partial charge in [0.05, 0.1) is 6.07 Å². The fourth-order valence-electron chi connectivity index (χ4n) is 1.88. The van der Waals surface area contributed by atoms with E-state index in [9.17, 15) is 4.79 Å². The van der Waals surface area contributed by atoms with Gasteiger partial charge in [-0.3, -0.25) is 4.79 Å². The summed E-state index contributed by atoms with van der Waals surface area (Å²) in [4.78, 5) is 12.0. The van der Waals surface area contributed by atoms with Crippen molar-refractivity contribution in [2.75, 3.05) is 0 Å². The first-order valence-corrected chi connectivity index (χ1v) is 5.69. The molecule has 0 aromatic heterocycles. The maximum Gasteiger partial charge on any atom is 0.179 e. The molecular formula is C15H13NO. The van der Waals surface area contributed by atoms with Gasteiger partial charge in [-0.1, -0.05) is 43.3 Å². The Kier molecular flexibility index (Phi) is 3.20. The van der Waals surface area contributed by atoms with Crippen LogP contribution in [-0.2, 0) is 0 Å². The van der Waals surface area contributed by atoms with Crippen LogP contribution in [0.5, 0.6) is 0 Å². The van der Waals surface area contributed by atoms with Crippen molar-refractivity contribution in [2.45, 2.75) is 13.3 Å². The van der Waals surface area contributed by atoms with Gasteiger partial charge >= 0.3 is 0 Å². The van der Waals surface area contributed by atoms with Crippen molar-refractivity contribution < 1.29 is 4.79 Å². The Morgan fingerprint density at radius 3 is 2.59 bits per heavy atom. The van der Waals surface area contributed by atoms with Gasteiger partial charge in [0.1, 0.15) is 5.92 Å². The molecule has 0 saturated heterocycles. The predicted molar refractivity (Wildman–Crippen MR) is 67.7 cm³/mol. The van der Waals surface area contributed by atoms with Gasteiger partial charge < -0.3 is 0 Å². The first-order chi connectivity index (χ1) is 8.26. The van der Waals surface area contributed by atoms with Gasteiger partial charge in [-0.2, -0.15) is 5.26 Å². The van der Waals surface area contributed by atoms with Gasteiger partial charge in [0.2, 0.25) is 0 Å². The Morgan fingerprint density at radius 1 is 1.24 bits per heavy atom.